The smallest absolute Gasteiger partial charge is 0.139 e. The molecule has 3 rings (SSSR count). The fourth-order valence-corrected chi connectivity index (χ4v) is 2.74. The Bertz CT molecular complexity index is 739. The molecule has 0 bridgehead atoms. The van der Waals surface area contributed by atoms with Gasteiger partial charge in [-0.05, 0) is 59.0 Å². The van der Waals surface area contributed by atoms with Crippen LogP contribution in [0.1, 0.15) is 0 Å². The van der Waals surface area contributed by atoms with Crippen LogP contribution in [0.5, 0.6) is 0 Å². The van der Waals surface area contributed by atoms with Crippen LogP contribution in [-0.2, 0) is 0 Å². The van der Waals surface area contributed by atoms with Gasteiger partial charge in [-0.2, -0.15) is 0 Å². The number of fused-ring (bicyclic) bond motifs is 1. The second kappa shape index (κ2) is 4.62. The average Bonchev–Trinajstić information content (AvgIpc) is 2.74. The second-order valence-electron chi connectivity index (χ2n) is 3.87. The van der Waals surface area contributed by atoms with E-state index >= 15 is 0 Å². The van der Waals surface area contributed by atoms with E-state index in [0.29, 0.717) is 5.52 Å². The molecule has 1 aromatic heterocycles. The molecule has 0 saturated carbocycles. The van der Waals surface area contributed by atoms with E-state index < -0.39 is 0 Å². The third-order valence-corrected chi connectivity index (χ3v) is 4.06. The number of H-pyrrole nitrogens is 1. The van der Waals surface area contributed by atoms with E-state index in [1.807, 2.05) is 18.2 Å². The molecule has 90 valence electrons. The van der Waals surface area contributed by atoms with Gasteiger partial charge in [-0.15, -0.1) is 0 Å². The first-order valence-electron chi connectivity index (χ1n) is 5.24. The number of aromatic amines is 1. The van der Waals surface area contributed by atoms with Crippen LogP contribution < -0.4 is 0 Å². The number of nitrogens with zero attached hydrogens (tertiary/aromatic N) is 1. The molecule has 0 spiro atoms. The van der Waals surface area contributed by atoms with Crippen molar-refractivity contribution in [2.24, 2.45) is 0 Å². The van der Waals surface area contributed by atoms with E-state index in [0.717, 1.165) is 24.9 Å². The fraction of sp³-hybridized carbons (Fsp3) is 0. The van der Waals surface area contributed by atoms with Crippen LogP contribution >= 0.6 is 38.5 Å². The Morgan fingerprint density at radius 1 is 1.17 bits per heavy atom. The van der Waals surface area contributed by atoms with E-state index in [4.69, 9.17) is 0 Å². The molecule has 2 aromatic carbocycles. The molecule has 0 aliphatic heterocycles. The fourth-order valence-electron chi connectivity index (χ4n) is 1.79. The lowest BCUT2D eigenvalue weighted by molar-refractivity contribution is 0.629. The number of halogens is 3. The number of nitrogens with one attached hydrogen (secondary N) is 1. The maximum Gasteiger partial charge on any atom is 0.139 e. The van der Waals surface area contributed by atoms with Crippen molar-refractivity contribution in [2.45, 2.75) is 0 Å². The van der Waals surface area contributed by atoms with Crippen LogP contribution in [-0.4, -0.2) is 9.97 Å². The van der Waals surface area contributed by atoms with Crippen LogP contribution in [0, 0.1) is 9.39 Å². The summed E-state index contributed by atoms with van der Waals surface area (Å²) >= 11 is 5.70. The van der Waals surface area contributed by atoms with E-state index in [1.54, 1.807) is 6.07 Å². The molecular weight excluding hydrogens is 410 g/mol. The first-order chi connectivity index (χ1) is 8.63. The molecule has 2 nitrogen and oxygen atoms in total. The predicted octanol–water partition coefficient (Wildman–Crippen LogP) is 4.74. The standard InChI is InChI=1S/C13H7BrFIN2/c14-7-1-3-10(16)9(5-7)13-17-11-4-2-8(15)6-12(11)18-13/h1-6H,(H,17,18). The lowest BCUT2D eigenvalue weighted by Gasteiger charge is -2.01. The van der Waals surface area contributed by atoms with Gasteiger partial charge in [0.15, 0.2) is 0 Å². The molecule has 0 atom stereocenters. The highest BCUT2D eigenvalue weighted by atomic mass is 127. The molecule has 0 amide bonds. The SMILES string of the molecule is Fc1ccc2nc(-c3cc(Br)ccc3I)[nH]c2c1. The Labute approximate surface area is 125 Å². The van der Waals surface area contributed by atoms with Gasteiger partial charge in [-0.1, -0.05) is 15.9 Å². The van der Waals surface area contributed by atoms with Gasteiger partial charge in [0.25, 0.3) is 0 Å². The Morgan fingerprint density at radius 3 is 2.83 bits per heavy atom. The zero-order valence-corrected chi connectivity index (χ0v) is 12.8. The minimum absolute atomic E-state index is 0.262. The van der Waals surface area contributed by atoms with Crippen molar-refractivity contribution in [3.8, 4) is 11.4 Å². The minimum Gasteiger partial charge on any atom is -0.338 e. The number of rotatable bonds is 1. The first kappa shape index (κ1) is 12.1. The van der Waals surface area contributed by atoms with E-state index in [-0.39, 0.29) is 5.82 Å². The summed E-state index contributed by atoms with van der Waals surface area (Å²) in [5.74, 6) is 0.489. The zero-order valence-electron chi connectivity index (χ0n) is 9.05. The molecule has 3 aromatic rings. The maximum absolute atomic E-state index is 13.1. The lowest BCUT2D eigenvalue weighted by Crippen LogP contribution is -1.84. The summed E-state index contributed by atoms with van der Waals surface area (Å²) in [5, 5.41) is 0. The third kappa shape index (κ3) is 2.16. The molecule has 0 aliphatic rings. The summed E-state index contributed by atoms with van der Waals surface area (Å²) < 4.78 is 15.2. The van der Waals surface area contributed by atoms with Crippen molar-refractivity contribution in [1.29, 1.82) is 0 Å². The van der Waals surface area contributed by atoms with Gasteiger partial charge in [-0.3, -0.25) is 0 Å². The molecule has 0 unspecified atom stereocenters. The number of hydrogen-bond donors (Lipinski definition) is 1. The summed E-state index contributed by atoms with van der Waals surface area (Å²) in [6.45, 7) is 0. The topological polar surface area (TPSA) is 28.7 Å². The van der Waals surface area contributed by atoms with Gasteiger partial charge in [-0.25, -0.2) is 9.37 Å². The van der Waals surface area contributed by atoms with E-state index in [9.17, 15) is 4.39 Å². The summed E-state index contributed by atoms with van der Waals surface area (Å²) in [4.78, 5) is 7.62. The van der Waals surface area contributed by atoms with Gasteiger partial charge in [0.2, 0.25) is 0 Å². The quantitative estimate of drug-likeness (QED) is 0.570. The van der Waals surface area contributed by atoms with Gasteiger partial charge in [0, 0.05) is 13.6 Å². The number of aromatic nitrogens is 2. The highest BCUT2D eigenvalue weighted by Crippen LogP contribution is 2.28. The third-order valence-electron chi connectivity index (χ3n) is 2.63. The molecule has 0 saturated heterocycles. The van der Waals surface area contributed by atoms with Gasteiger partial charge in [0.1, 0.15) is 11.6 Å². The van der Waals surface area contributed by atoms with Crippen LogP contribution in [0.2, 0.25) is 0 Å². The number of benzene rings is 2. The van der Waals surface area contributed by atoms with Crippen LogP contribution in [0.3, 0.4) is 0 Å². The van der Waals surface area contributed by atoms with Gasteiger partial charge < -0.3 is 4.98 Å². The molecule has 0 radical (unpaired) electrons. The first-order valence-corrected chi connectivity index (χ1v) is 7.11. The highest BCUT2D eigenvalue weighted by molar-refractivity contribution is 14.1. The van der Waals surface area contributed by atoms with Crippen molar-refractivity contribution in [1.82, 2.24) is 9.97 Å². The average molecular weight is 417 g/mol. The summed E-state index contributed by atoms with van der Waals surface area (Å²) in [6.07, 6.45) is 0. The van der Waals surface area contributed by atoms with Crippen LogP contribution in [0.25, 0.3) is 22.4 Å². The summed E-state index contributed by atoms with van der Waals surface area (Å²) in [7, 11) is 0. The second-order valence-corrected chi connectivity index (χ2v) is 5.95. The van der Waals surface area contributed by atoms with Crippen molar-refractivity contribution in [3.05, 3.63) is 50.3 Å². The lowest BCUT2D eigenvalue weighted by atomic mass is 10.2. The number of hydrogen-bond acceptors (Lipinski definition) is 1. The Hall–Kier alpha value is -0.950. The van der Waals surface area contributed by atoms with Crippen molar-refractivity contribution in [2.75, 3.05) is 0 Å². The van der Waals surface area contributed by atoms with Crippen molar-refractivity contribution >= 4 is 49.6 Å². The predicted molar refractivity (Wildman–Crippen MR) is 81.9 cm³/mol. The van der Waals surface area contributed by atoms with Gasteiger partial charge >= 0.3 is 0 Å². The summed E-state index contributed by atoms with van der Waals surface area (Å²) in [5.41, 5.74) is 2.48. The zero-order chi connectivity index (χ0) is 12.7. The Balaban J connectivity index is 2.22. The number of imidazole rings is 1. The molecule has 0 fully saturated rings. The maximum atomic E-state index is 13.1. The molecule has 18 heavy (non-hydrogen) atoms. The highest BCUT2D eigenvalue weighted by Gasteiger charge is 2.09. The van der Waals surface area contributed by atoms with Gasteiger partial charge in [0.05, 0.1) is 11.0 Å². The largest absolute Gasteiger partial charge is 0.338 e. The molecule has 1 N–H and O–H groups in total. The minimum atomic E-state index is -0.262. The molecule has 0 aliphatic carbocycles. The van der Waals surface area contributed by atoms with Crippen LogP contribution in [0.15, 0.2) is 40.9 Å². The van der Waals surface area contributed by atoms with Crippen LogP contribution in [0.4, 0.5) is 4.39 Å². The van der Waals surface area contributed by atoms with Crippen molar-refractivity contribution in [3.63, 3.8) is 0 Å². The normalized spacial score (nSPS) is 11.1. The molecular formula is C13H7BrFIN2. The monoisotopic (exact) mass is 416 g/mol. The molecule has 1 heterocycles. The van der Waals surface area contributed by atoms with E-state index in [1.165, 1.54) is 12.1 Å². The Kier molecular flexibility index (Phi) is 3.11. The summed E-state index contributed by atoms with van der Waals surface area (Å²) in [6, 6.07) is 10.5. The molecule has 5 heteroatoms. The van der Waals surface area contributed by atoms with Crippen molar-refractivity contribution < 1.29 is 4.39 Å². The van der Waals surface area contributed by atoms with E-state index in [2.05, 4.69) is 48.5 Å². The Morgan fingerprint density at radius 2 is 2.00 bits per heavy atom.